The second-order valence-corrected chi connectivity index (χ2v) is 8.99. The summed E-state index contributed by atoms with van der Waals surface area (Å²) >= 11 is 1.86. The van der Waals surface area contributed by atoms with Crippen LogP contribution < -0.4 is 10.6 Å². The molecule has 0 aromatic heterocycles. The number of hydrogen-bond donors (Lipinski definition) is 2. The van der Waals surface area contributed by atoms with Gasteiger partial charge in [0.15, 0.2) is 15.8 Å². The van der Waals surface area contributed by atoms with Crippen molar-refractivity contribution in [1.29, 1.82) is 0 Å². The Morgan fingerprint density at radius 2 is 1.88 bits per heavy atom. The number of aliphatic imine (C=N–C) groups is 1. The van der Waals surface area contributed by atoms with Gasteiger partial charge < -0.3 is 10.6 Å². The van der Waals surface area contributed by atoms with Gasteiger partial charge in [-0.1, -0.05) is 30.3 Å². The van der Waals surface area contributed by atoms with Crippen molar-refractivity contribution in [1.82, 2.24) is 10.6 Å². The number of guanidine groups is 1. The third-order valence-electron chi connectivity index (χ3n) is 3.52. The SMILES string of the molecule is CCNC(=NCCCS(=O)(=O)Cc1ccccc1)NCCCCSC. The minimum atomic E-state index is -3.08. The molecule has 5 nitrogen and oxygen atoms in total. The first-order valence-corrected chi connectivity index (χ1v) is 12.0. The van der Waals surface area contributed by atoms with Crippen LogP contribution in [0.25, 0.3) is 0 Å². The van der Waals surface area contributed by atoms with Crippen LogP contribution in [0.3, 0.4) is 0 Å². The number of hydrogen-bond acceptors (Lipinski definition) is 4. The van der Waals surface area contributed by atoms with Crippen LogP contribution >= 0.6 is 11.8 Å². The Kier molecular flexibility index (Phi) is 11.4. The molecule has 7 heteroatoms. The second-order valence-electron chi connectivity index (χ2n) is 5.82. The predicted molar refractivity (Wildman–Crippen MR) is 110 cm³/mol. The molecule has 0 saturated heterocycles. The number of rotatable bonds is 12. The van der Waals surface area contributed by atoms with Crippen LogP contribution in [0, 0.1) is 0 Å². The number of sulfone groups is 1. The van der Waals surface area contributed by atoms with Crippen LogP contribution in [0.15, 0.2) is 35.3 Å². The summed E-state index contributed by atoms with van der Waals surface area (Å²) in [5.74, 6) is 2.21. The Morgan fingerprint density at radius 3 is 2.56 bits per heavy atom. The van der Waals surface area contributed by atoms with E-state index in [0.29, 0.717) is 13.0 Å². The summed E-state index contributed by atoms with van der Waals surface area (Å²) in [5, 5.41) is 6.49. The zero-order valence-corrected chi connectivity index (χ0v) is 17.0. The van der Waals surface area contributed by atoms with Gasteiger partial charge in [0.1, 0.15) is 0 Å². The molecule has 1 aromatic rings. The van der Waals surface area contributed by atoms with Gasteiger partial charge in [0.25, 0.3) is 0 Å². The van der Waals surface area contributed by atoms with Crippen molar-refractivity contribution in [3.63, 3.8) is 0 Å². The highest BCUT2D eigenvalue weighted by molar-refractivity contribution is 7.98. The van der Waals surface area contributed by atoms with E-state index >= 15 is 0 Å². The Hall–Kier alpha value is -1.21. The monoisotopic (exact) mass is 385 g/mol. The molecule has 0 spiro atoms. The Labute approximate surface area is 157 Å². The van der Waals surface area contributed by atoms with Gasteiger partial charge in [0.05, 0.1) is 11.5 Å². The fraction of sp³-hybridized carbons (Fsp3) is 0.611. The van der Waals surface area contributed by atoms with Gasteiger partial charge in [0, 0.05) is 19.6 Å². The van der Waals surface area contributed by atoms with Gasteiger partial charge >= 0.3 is 0 Å². The average Bonchev–Trinajstić information content (AvgIpc) is 2.59. The first-order chi connectivity index (χ1) is 12.1. The van der Waals surface area contributed by atoms with Crippen molar-refractivity contribution < 1.29 is 8.42 Å². The lowest BCUT2D eigenvalue weighted by atomic mass is 10.2. The van der Waals surface area contributed by atoms with Gasteiger partial charge in [-0.3, -0.25) is 4.99 Å². The van der Waals surface area contributed by atoms with Crippen LogP contribution in [0.5, 0.6) is 0 Å². The molecule has 0 amide bonds. The van der Waals surface area contributed by atoms with Crippen molar-refractivity contribution in [2.45, 2.75) is 31.9 Å². The molecule has 0 radical (unpaired) electrons. The molecule has 0 aliphatic heterocycles. The van der Waals surface area contributed by atoms with Crippen LogP contribution in [-0.4, -0.2) is 51.8 Å². The largest absolute Gasteiger partial charge is 0.357 e. The fourth-order valence-corrected chi connectivity index (χ4v) is 4.20. The van der Waals surface area contributed by atoms with E-state index < -0.39 is 9.84 Å². The topological polar surface area (TPSA) is 70.6 Å². The molecule has 0 unspecified atom stereocenters. The van der Waals surface area contributed by atoms with E-state index in [4.69, 9.17) is 0 Å². The van der Waals surface area contributed by atoms with Gasteiger partial charge in [-0.2, -0.15) is 11.8 Å². The summed E-state index contributed by atoms with van der Waals surface area (Å²) in [6.07, 6.45) is 4.95. The normalized spacial score (nSPS) is 12.2. The molecule has 0 saturated carbocycles. The number of nitrogens with zero attached hydrogens (tertiary/aromatic N) is 1. The molecule has 2 N–H and O–H groups in total. The quantitative estimate of drug-likeness (QED) is 0.329. The van der Waals surface area contributed by atoms with Crippen molar-refractivity contribution in [2.75, 3.05) is 37.4 Å². The predicted octanol–water partition coefficient (Wildman–Crippen LogP) is 2.69. The van der Waals surface area contributed by atoms with Crippen molar-refractivity contribution >= 4 is 27.6 Å². The van der Waals surface area contributed by atoms with Crippen molar-refractivity contribution in [3.8, 4) is 0 Å². The highest BCUT2D eigenvalue weighted by Crippen LogP contribution is 2.07. The molecule has 1 rings (SSSR count). The van der Waals surface area contributed by atoms with E-state index in [0.717, 1.165) is 31.0 Å². The molecule has 0 aliphatic rings. The zero-order valence-electron chi connectivity index (χ0n) is 15.3. The van der Waals surface area contributed by atoms with Gasteiger partial charge in [-0.25, -0.2) is 8.42 Å². The van der Waals surface area contributed by atoms with Crippen LogP contribution in [-0.2, 0) is 15.6 Å². The fourth-order valence-electron chi connectivity index (χ4n) is 2.30. The molecule has 0 bridgehead atoms. The van der Waals surface area contributed by atoms with E-state index in [9.17, 15) is 8.42 Å². The van der Waals surface area contributed by atoms with Crippen molar-refractivity contribution in [2.24, 2.45) is 4.99 Å². The average molecular weight is 386 g/mol. The highest BCUT2D eigenvalue weighted by Gasteiger charge is 2.11. The maximum absolute atomic E-state index is 12.2. The van der Waals surface area contributed by atoms with Crippen molar-refractivity contribution in [3.05, 3.63) is 35.9 Å². The molecule has 1 aromatic carbocycles. The lowest BCUT2D eigenvalue weighted by molar-refractivity contribution is 0.592. The molecule has 0 heterocycles. The minimum Gasteiger partial charge on any atom is -0.357 e. The summed E-state index contributed by atoms with van der Waals surface area (Å²) in [4.78, 5) is 4.47. The summed E-state index contributed by atoms with van der Waals surface area (Å²) in [5.41, 5.74) is 0.839. The van der Waals surface area contributed by atoms with E-state index in [1.807, 2.05) is 49.0 Å². The summed E-state index contributed by atoms with van der Waals surface area (Å²) < 4.78 is 24.3. The summed E-state index contributed by atoms with van der Waals surface area (Å²) in [6.45, 7) is 4.21. The Bertz CT molecular complexity index is 590. The smallest absolute Gasteiger partial charge is 0.191 e. The molecule has 0 aliphatic carbocycles. The second kappa shape index (κ2) is 13.1. The zero-order chi connectivity index (χ0) is 18.4. The number of unbranched alkanes of at least 4 members (excludes halogenated alkanes) is 1. The van der Waals surface area contributed by atoms with Crippen LogP contribution in [0.4, 0.5) is 0 Å². The Morgan fingerprint density at radius 1 is 1.12 bits per heavy atom. The number of benzene rings is 1. The minimum absolute atomic E-state index is 0.102. The lowest BCUT2D eigenvalue weighted by Gasteiger charge is -2.11. The highest BCUT2D eigenvalue weighted by atomic mass is 32.2. The van der Waals surface area contributed by atoms with E-state index in [1.165, 1.54) is 12.2 Å². The third-order valence-corrected chi connectivity index (χ3v) is 5.91. The first-order valence-electron chi connectivity index (χ1n) is 8.83. The molecule has 142 valence electrons. The first kappa shape index (κ1) is 21.8. The molecule has 25 heavy (non-hydrogen) atoms. The van der Waals surface area contributed by atoms with Gasteiger partial charge in [-0.05, 0) is 43.8 Å². The van der Waals surface area contributed by atoms with E-state index in [2.05, 4.69) is 21.9 Å². The maximum atomic E-state index is 12.2. The van der Waals surface area contributed by atoms with Gasteiger partial charge in [-0.15, -0.1) is 0 Å². The molecular formula is C18H31N3O2S2. The third kappa shape index (κ3) is 11.1. The summed E-state index contributed by atoms with van der Waals surface area (Å²) in [7, 11) is -3.08. The van der Waals surface area contributed by atoms with E-state index in [1.54, 1.807) is 0 Å². The van der Waals surface area contributed by atoms with Crippen LogP contribution in [0.1, 0.15) is 31.7 Å². The summed E-state index contributed by atoms with van der Waals surface area (Å²) in [6, 6.07) is 9.31. The molecule has 0 atom stereocenters. The number of thioether (sulfide) groups is 1. The van der Waals surface area contributed by atoms with Crippen LogP contribution in [0.2, 0.25) is 0 Å². The molecule has 0 fully saturated rings. The lowest BCUT2D eigenvalue weighted by Crippen LogP contribution is -2.38. The Balaban J connectivity index is 2.34. The van der Waals surface area contributed by atoms with E-state index in [-0.39, 0.29) is 11.5 Å². The molecular weight excluding hydrogens is 354 g/mol. The maximum Gasteiger partial charge on any atom is 0.191 e. The standard InChI is InChI=1S/C18H31N3O2S2/c1-3-19-18(20-12-7-8-14-24-2)21-13-9-15-25(22,23)16-17-10-5-4-6-11-17/h4-6,10-11H,3,7-9,12-16H2,1-2H3,(H2,19,20,21). The van der Waals surface area contributed by atoms with Gasteiger partial charge in [0.2, 0.25) is 0 Å². The number of nitrogens with one attached hydrogen (secondary N) is 2.